The highest BCUT2D eigenvalue weighted by molar-refractivity contribution is 6.30. The van der Waals surface area contributed by atoms with E-state index in [0.29, 0.717) is 18.5 Å². The number of halogens is 8. The van der Waals surface area contributed by atoms with Crippen molar-refractivity contribution in [3.8, 4) is 0 Å². The summed E-state index contributed by atoms with van der Waals surface area (Å²) in [4.78, 5) is 28.9. The van der Waals surface area contributed by atoms with Crippen molar-refractivity contribution < 1.29 is 45.2 Å². The van der Waals surface area contributed by atoms with Gasteiger partial charge in [-0.15, -0.1) is 0 Å². The van der Waals surface area contributed by atoms with Gasteiger partial charge in [0, 0.05) is 17.7 Å². The third-order valence-electron chi connectivity index (χ3n) is 6.13. The molecule has 37 heavy (non-hydrogen) atoms. The Hall–Kier alpha value is -3.35. The summed E-state index contributed by atoms with van der Waals surface area (Å²) in [6.45, 7) is 1.90. The second-order valence-corrected chi connectivity index (χ2v) is 8.99. The summed E-state index contributed by atoms with van der Waals surface area (Å²) in [5.41, 5.74) is -6.43. The maximum atomic E-state index is 14.7. The molecule has 2 amide bonds. The number of rotatable bonds is 4. The molecule has 0 spiro atoms. The van der Waals surface area contributed by atoms with E-state index in [9.17, 15) is 40.3 Å². The summed E-state index contributed by atoms with van der Waals surface area (Å²) in [7, 11) is 0. The number of hydrogen-bond donors (Lipinski definition) is 2. The van der Waals surface area contributed by atoms with Gasteiger partial charge < -0.3 is 15.5 Å². The van der Waals surface area contributed by atoms with Crippen molar-refractivity contribution in [1.82, 2.24) is 10.6 Å². The summed E-state index contributed by atoms with van der Waals surface area (Å²) < 4.78 is 97.1. The Bertz CT molecular complexity index is 1310. The molecule has 2 heterocycles. The summed E-state index contributed by atoms with van der Waals surface area (Å²) in [6.07, 6.45) is -11.2. The van der Waals surface area contributed by atoms with Gasteiger partial charge in [0.1, 0.15) is 11.9 Å². The van der Waals surface area contributed by atoms with Crippen molar-refractivity contribution in [2.24, 2.45) is 5.16 Å². The van der Waals surface area contributed by atoms with Crippen LogP contribution in [0.1, 0.15) is 45.5 Å². The number of benzene rings is 2. The molecule has 198 valence electrons. The highest BCUT2D eigenvalue weighted by atomic mass is 35.5. The van der Waals surface area contributed by atoms with E-state index in [4.69, 9.17) is 11.6 Å². The molecule has 1 saturated heterocycles. The number of amides is 2. The first-order chi connectivity index (χ1) is 17.1. The normalized spacial score (nSPS) is 21.9. The molecule has 14 heteroatoms. The fraction of sp³-hybridized carbons (Fsp3) is 0.348. The molecule has 0 radical (unpaired) electrons. The van der Waals surface area contributed by atoms with Gasteiger partial charge >= 0.3 is 12.4 Å². The fourth-order valence-corrected chi connectivity index (χ4v) is 4.37. The van der Waals surface area contributed by atoms with Crippen LogP contribution in [-0.4, -0.2) is 36.3 Å². The van der Waals surface area contributed by atoms with Crippen molar-refractivity contribution >= 4 is 29.1 Å². The van der Waals surface area contributed by atoms with E-state index in [-0.39, 0.29) is 34.9 Å². The van der Waals surface area contributed by atoms with Crippen LogP contribution in [0.15, 0.2) is 35.5 Å². The quantitative estimate of drug-likeness (QED) is 0.525. The van der Waals surface area contributed by atoms with Crippen LogP contribution in [0.25, 0.3) is 0 Å². The Morgan fingerprint density at radius 1 is 1.19 bits per heavy atom. The molecule has 2 aliphatic rings. The van der Waals surface area contributed by atoms with E-state index in [1.54, 1.807) is 0 Å². The molecule has 0 aromatic heterocycles. The Morgan fingerprint density at radius 3 is 2.46 bits per heavy atom. The molecule has 0 bridgehead atoms. The Balaban J connectivity index is 1.66. The van der Waals surface area contributed by atoms with E-state index in [1.165, 1.54) is 25.1 Å². The first-order valence-corrected chi connectivity index (χ1v) is 11.1. The number of aryl methyl sites for hydroxylation is 1. The smallest absolute Gasteiger partial charge is 0.374 e. The molecule has 1 fully saturated rings. The number of carbonyl (C=O) groups excluding carboxylic acids is 2. The lowest BCUT2D eigenvalue weighted by molar-refractivity contribution is -0.276. The number of nitrogens with zero attached hydrogens (tertiary/aromatic N) is 1. The van der Waals surface area contributed by atoms with Gasteiger partial charge in [-0.2, -0.15) is 26.3 Å². The Kier molecular flexibility index (Phi) is 6.63. The van der Waals surface area contributed by atoms with Crippen molar-refractivity contribution in [3.05, 3.63) is 69.0 Å². The average molecular weight is 552 g/mol. The van der Waals surface area contributed by atoms with Gasteiger partial charge in [-0.25, -0.2) is 4.39 Å². The van der Waals surface area contributed by atoms with Crippen LogP contribution in [0.4, 0.5) is 30.7 Å². The summed E-state index contributed by atoms with van der Waals surface area (Å²) in [5.74, 6) is -2.64. The van der Waals surface area contributed by atoms with Crippen LogP contribution in [0, 0.1) is 12.7 Å². The lowest BCUT2D eigenvalue weighted by Crippen LogP contribution is -2.43. The number of oxime groups is 1. The third-order valence-corrected chi connectivity index (χ3v) is 6.41. The number of nitrogens with one attached hydrogen (secondary N) is 2. The maximum Gasteiger partial charge on any atom is 0.435 e. The monoisotopic (exact) mass is 551 g/mol. The standard InChI is InChI=1S/C23H17ClF7N3O3/c1-10-6-11(2-3-13(10)19(35)33-16-4-5-32-20(16)36)17-9-21(37-34-17,23(29,30)31)14-7-12(22(26,27)28)8-15(24)18(14)25/h2-3,6-8,16H,4-5,9H2,1H3,(H,32,36)(H,33,35)/t16-,21-/m1/s1. The molecule has 0 unspecified atom stereocenters. The number of carbonyl (C=O) groups is 2. The van der Waals surface area contributed by atoms with Crippen LogP contribution in [0.2, 0.25) is 5.02 Å². The second kappa shape index (κ2) is 9.19. The zero-order valence-corrected chi connectivity index (χ0v) is 19.5. The number of alkyl halides is 6. The largest absolute Gasteiger partial charge is 0.435 e. The average Bonchev–Trinajstić information content (AvgIpc) is 3.42. The zero-order valence-electron chi connectivity index (χ0n) is 18.8. The minimum Gasteiger partial charge on any atom is -0.374 e. The van der Waals surface area contributed by atoms with Crippen LogP contribution in [0.3, 0.4) is 0 Å². The Labute approximate surface area is 209 Å². The van der Waals surface area contributed by atoms with E-state index < -0.39 is 58.3 Å². The lowest BCUT2D eigenvalue weighted by Gasteiger charge is -2.30. The highest BCUT2D eigenvalue weighted by Crippen LogP contribution is 2.51. The topological polar surface area (TPSA) is 79.8 Å². The van der Waals surface area contributed by atoms with Gasteiger partial charge in [0.25, 0.3) is 11.5 Å². The molecule has 4 rings (SSSR count). The van der Waals surface area contributed by atoms with E-state index >= 15 is 0 Å². The van der Waals surface area contributed by atoms with Crippen molar-refractivity contribution in [2.45, 2.75) is 43.8 Å². The molecular weight excluding hydrogens is 535 g/mol. The SMILES string of the molecule is Cc1cc(C2=NO[C@](c3cc(C(F)(F)F)cc(Cl)c3F)(C(F)(F)F)C2)ccc1C(=O)N[C@@H]1CCNC1=O. The van der Waals surface area contributed by atoms with Gasteiger partial charge in [-0.1, -0.05) is 22.8 Å². The van der Waals surface area contributed by atoms with Gasteiger partial charge in [-0.05, 0) is 48.7 Å². The predicted molar refractivity (Wildman–Crippen MR) is 116 cm³/mol. The van der Waals surface area contributed by atoms with Gasteiger partial charge in [0.15, 0.2) is 0 Å². The molecule has 2 N–H and O–H groups in total. The first kappa shape index (κ1) is 26.7. The molecule has 2 atom stereocenters. The highest BCUT2D eigenvalue weighted by Gasteiger charge is 2.64. The van der Waals surface area contributed by atoms with Crippen LogP contribution >= 0.6 is 11.6 Å². The predicted octanol–water partition coefficient (Wildman–Crippen LogP) is 5.01. The molecule has 0 saturated carbocycles. The molecule has 2 aromatic rings. The van der Waals surface area contributed by atoms with Crippen molar-refractivity contribution in [2.75, 3.05) is 6.54 Å². The van der Waals surface area contributed by atoms with Crippen molar-refractivity contribution in [3.63, 3.8) is 0 Å². The van der Waals surface area contributed by atoms with Crippen molar-refractivity contribution in [1.29, 1.82) is 0 Å². The van der Waals surface area contributed by atoms with Gasteiger partial charge in [0.05, 0.1) is 22.7 Å². The minimum atomic E-state index is -5.39. The molecular formula is C23H17ClF7N3O3. The fourth-order valence-electron chi connectivity index (χ4n) is 4.15. The van der Waals surface area contributed by atoms with Gasteiger partial charge in [0.2, 0.25) is 5.91 Å². The third kappa shape index (κ3) is 4.83. The minimum absolute atomic E-state index is 0.00498. The molecule has 2 aromatic carbocycles. The zero-order chi connectivity index (χ0) is 27.3. The number of hydrogen-bond acceptors (Lipinski definition) is 4. The van der Waals surface area contributed by atoms with Crippen LogP contribution in [-0.2, 0) is 21.4 Å². The molecule has 2 aliphatic heterocycles. The van der Waals surface area contributed by atoms with E-state index in [0.717, 1.165) is 0 Å². The van der Waals surface area contributed by atoms with E-state index in [1.807, 2.05) is 0 Å². The van der Waals surface area contributed by atoms with Gasteiger partial charge in [-0.3, -0.25) is 9.59 Å². The van der Waals surface area contributed by atoms with Crippen LogP contribution in [0.5, 0.6) is 0 Å². The van der Waals surface area contributed by atoms with Crippen LogP contribution < -0.4 is 10.6 Å². The summed E-state index contributed by atoms with van der Waals surface area (Å²) >= 11 is 5.51. The second-order valence-electron chi connectivity index (χ2n) is 8.58. The lowest BCUT2D eigenvalue weighted by atomic mass is 9.85. The molecule has 6 nitrogen and oxygen atoms in total. The van der Waals surface area contributed by atoms with E-state index in [2.05, 4.69) is 20.6 Å². The molecule has 0 aliphatic carbocycles. The Morgan fingerprint density at radius 2 is 1.89 bits per heavy atom. The first-order valence-electron chi connectivity index (χ1n) is 10.7. The maximum absolute atomic E-state index is 14.7. The summed E-state index contributed by atoms with van der Waals surface area (Å²) in [6, 6.07) is 3.36. The summed E-state index contributed by atoms with van der Waals surface area (Å²) in [5, 5.41) is 7.39.